The monoisotopic (exact) mass is 256 g/mol. The molecule has 1 aromatic heterocycles. The van der Waals surface area contributed by atoms with Crippen LogP contribution in [-0.4, -0.2) is 22.7 Å². The molecule has 2 aromatic rings. The zero-order valence-corrected chi connectivity index (χ0v) is 11.0. The lowest BCUT2D eigenvalue weighted by molar-refractivity contribution is -0.120. The number of nitrogens with zero attached hydrogens (tertiary/aromatic N) is 1. The summed E-state index contributed by atoms with van der Waals surface area (Å²) in [4.78, 5) is 27.9. The van der Waals surface area contributed by atoms with Crippen molar-refractivity contribution in [2.45, 2.75) is 26.3 Å². The van der Waals surface area contributed by atoms with Gasteiger partial charge in [-0.1, -0.05) is 25.1 Å². The molecule has 0 fully saturated rings. The Balaban J connectivity index is 2.29. The summed E-state index contributed by atoms with van der Waals surface area (Å²) < 4.78 is 0. The van der Waals surface area contributed by atoms with Crippen molar-refractivity contribution in [3.05, 3.63) is 42.1 Å². The van der Waals surface area contributed by atoms with Gasteiger partial charge >= 0.3 is 0 Å². The van der Waals surface area contributed by atoms with E-state index in [1.54, 1.807) is 26.1 Å². The second kappa shape index (κ2) is 5.61. The molecule has 0 aliphatic carbocycles. The highest BCUT2D eigenvalue weighted by Gasteiger charge is 2.16. The highest BCUT2D eigenvalue weighted by atomic mass is 16.2. The third kappa shape index (κ3) is 2.78. The lowest BCUT2D eigenvalue weighted by atomic mass is 10.1. The van der Waals surface area contributed by atoms with E-state index in [-0.39, 0.29) is 11.7 Å². The highest BCUT2D eigenvalue weighted by molar-refractivity contribution is 6.06. The van der Waals surface area contributed by atoms with Gasteiger partial charge in [0.1, 0.15) is 0 Å². The number of pyridine rings is 1. The molecule has 0 aliphatic rings. The summed E-state index contributed by atoms with van der Waals surface area (Å²) in [5.41, 5.74) is 1.15. The van der Waals surface area contributed by atoms with Crippen molar-refractivity contribution in [1.82, 2.24) is 10.3 Å². The smallest absolute Gasteiger partial charge is 0.254 e. The largest absolute Gasteiger partial charge is 0.342 e. The number of hydrogen-bond acceptors (Lipinski definition) is 3. The quantitative estimate of drug-likeness (QED) is 0.913. The van der Waals surface area contributed by atoms with Gasteiger partial charge in [0.2, 0.25) is 0 Å². The average Bonchev–Trinajstić information content (AvgIpc) is 2.45. The van der Waals surface area contributed by atoms with Crippen LogP contribution in [0.4, 0.5) is 0 Å². The number of Topliss-reactive ketones (excluding diaryl/α,β-unsaturated/α-hetero) is 1. The van der Waals surface area contributed by atoms with Crippen molar-refractivity contribution in [1.29, 1.82) is 0 Å². The molecule has 0 aliphatic heterocycles. The van der Waals surface area contributed by atoms with Gasteiger partial charge in [-0.15, -0.1) is 0 Å². The van der Waals surface area contributed by atoms with Crippen molar-refractivity contribution in [2.24, 2.45) is 0 Å². The molecule has 2 rings (SSSR count). The van der Waals surface area contributed by atoms with Crippen molar-refractivity contribution >= 4 is 22.6 Å². The number of ketones is 1. The second-order valence-electron chi connectivity index (χ2n) is 4.40. The van der Waals surface area contributed by atoms with E-state index in [0.717, 1.165) is 5.39 Å². The standard InChI is InChI=1S/C15H16N2O2/c1-3-13(18)10(2)17-15(19)12-8-4-6-11-7-5-9-16-14(11)12/h4-10H,3H2,1-2H3,(H,17,19). The van der Waals surface area contributed by atoms with Crippen molar-refractivity contribution in [2.75, 3.05) is 0 Å². The molecule has 98 valence electrons. The summed E-state index contributed by atoms with van der Waals surface area (Å²) in [5, 5.41) is 3.62. The van der Waals surface area contributed by atoms with Crippen molar-refractivity contribution in [3.63, 3.8) is 0 Å². The third-order valence-corrected chi connectivity index (χ3v) is 3.06. The van der Waals surface area contributed by atoms with Crippen LogP contribution in [0.15, 0.2) is 36.5 Å². The van der Waals surface area contributed by atoms with Crippen molar-refractivity contribution in [3.8, 4) is 0 Å². The first-order valence-electron chi connectivity index (χ1n) is 6.30. The fourth-order valence-electron chi connectivity index (χ4n) is 1.95. The first kappa shape index (κ1) is 13.2. The van der Waals surface area contributed by atoms with Crippen LogP contribution < -0.4 is 5.32 Å². The van der Waals surface area contributed by atoms with Crippen LogP contribution in [0.1, 0.15) is 30.6 Å². The minimum absolute atomic E-state index is 0.0153. The average molecular weight is 256 g/mol. The fourth-order valence-corrected chi connectivity index (χ4v) is 1.95. The molecule has 0 radical (unpaired) electrons. The van der Waals surface area contributed by atoms with Gasteiger partial charge in [0.15, 0.2) is 5.78 Å². The Bertz CT molecular complexity index is 617. The normalized spacial score (nSPS) is 12.1. The van der Waals surface area contributed by atoms with E-state index in [0.29, 0.717) is 17.5 Å². The zero-order chi connectivity index (χ0) is 13.8. The minimum Gasteiger partial charge on any atom is -0.342 e. The number of aromatic nitrogens is 1. The van der Waals surface area contributed by atoms with Crippen LogP contribution >= 0.6 is 0 Å². The van der Waals surface area contributed by atoms with E-state index in [1.165, 1.54) is 0 Å². The van der Waals surface area contributed by atoms with Gasteiger partial charge in [0.05, 0.1) is 17.1 Å². The molecule has 1 atom stereocenters. The number of carbonyl (C=O) groups excluding carboxylic acids is 2. The van der Waals surface area contributed by atoms with Gasteiger partial charge in [0, 0.05) is 18.0 Å². The predicted molar refractivity (Wildman–Crippen MR) is 74.0 cm³/mol. The second-order valence-corrected chi connectivity index (χ2v) is 4.40. The molecule has 1 N–H and O–H groups in total. The lowest BCUT2D eigenvalue weighted by Crippen LogP contribution is -2.38. The maximum atomic E-state index is 12.2. The topological polar surface area (TPSA) is 59.1 Å². The Kier molecular flexibility index (Phi) is 3.90. The maximum absolute atomic E-state index is 12.2. The summed E-state index contributed by atoms with van der Waals surface area (Å²) >= 11 is 0. The van der Waals surface area contributed by atoms with Crippen LogP contribution in [0.25, 0.3) is 10.9 Å². The third-order valence-electron chi connectivity index (χ3n) is 3.06. The number of nitrogens with one attached hydrogen (secondary N) is 1. The Hall–Kier alpha value is -2.23. The molecule has 19 heavy (non-hydrogen) atoms. The molecule has 1 unspecified atom stereocenters. The van der Waals surface area contributed by atoms with Gasteiger partial charge in [-0.05, 0) is 19.1 Å². The molecular formula is C15H16N2O2. The molecule has 4 heteroatoms. The number of rotatable bonds is 4. The van der Waals surface area contributed by atoms with E-state index < -0.39 is 6.04 Å². The van der Waals surface area contributed by atoms with Gasteiger partial charge in [-0.2, -0.15) is 0 Å². The van der Waals surface area contributed by atoms with Crippen LogP contribution in [-0.2, 0) is 4.79 Å². The number of amides is 1. The summed E-state index contributed by atoms with van der Waals surface area (Å²) in [6.45, 7) is 3.48. The van der Waals surface area contributed by atoms with Crippen LogP contribution in [0.5, 0.6) is 0 Å². The first-order valence-corrected chi connectivity index (χ1v) is 6.30. The van der Waals surface area contributed by atoms with E-state index in [1.807, 2.05) is 24.3 Å². The Morgan fingerprint density at radius 1 is 1.26 bits per heavy atom. The molecule has 0 saturated carbocycles. The number of carbonyl (C=O) groups is 2. The van der Waals surface area contributed by atoms with E-state index in [2.05, 4.69) is 10.3 Å². The van der Waals surface area contributed by atoms with Gasteiger partial charge in [-0.25, -0.2) is 0 Å². The molecular weight excluding hydrogens is 240 g/mol. The lowest BCUT2D eigenvalue weighted by Gasteiger charge is -2.12. The number of para-hydroxylation sites is 1. The number of fused-ring (bicyclic) bond motifs is 1. The van der Waals surface area contributed by atoms with Crippen LogP contribution in [0, 0.1) is 0 Å². The van der Waals surface area contributed by atoms with Crippen LogP contribution in [0.3, 0.4) is 0 Å². The molecule has 1 heterocycles. The zero-order valence-electron chi connectivity index (χ0n) is 11.0. The number of benzene rings is 1. The summed E-state index contributed by atoms with van der Waals surface area (Å²) in [6.07, 6.45) is 2.06. The van der Waals surface area contributed by atoms with E-state index in [9.17, 15) is 9.59 Å². The Morgan fingerprint density at radius 2 is 2.00 bits per heavy atom. The summed E-state index contributed by atoms with van der Waals surface area (Å²) in [6, 6.07) is 8.68. The van der Waals surface area contributed by atoms with E-state index >= 15 is 0 Å². The minimum atomic E-state index is -0.475. The van der Waals surface area contributed by atoms with Gasteiger partial charge in [0.25, 0.3) is 5.91 Å². The highest BCUT2D eigenvalue weighted by Crippen LogP contribution is 2.15. The SMILES string of the molecule is CCC(=O)C(C)NC(=O)c1cccc2cccnc12. The summed E-state index contributed by atoms with van der Waals surface area (Å²) in [5.74, 6) is -0.250. The molecule has 0 spiro atoms. The van der Waals surface area contributed by atoms with Gasteiger partial charge < -0.3 is 5.32 Å². The predicted octanol–water partition coefficient (Wildman–Crippen LogP) is 2.33. The molecule has 1 aromatic carbocycles. The van der Waals surface area contributed by atoms with Crippen molar-refractivity contribution < 1.29 is 9.59 Å². The van der Waals surface area contributed by atoms with Gasteiger partial charge in [-0.3, -0.25) is 14.6 Å². The Morgan fingerprint density at radius 3 is 2.74 bits per heavy atom. The molecule has 1 amide bonds. The number of hydrogen-bond donors (Lipinski definition) is 1. The molecule has 4 nitrogen and oxygen atoms in total. The maximum Gasteiger partial charge on any atom is 0.254 e. The molecule has 0 bridgehead atoms. The first-order chi connectivity index (χ1) is 9.13. The summed E-state index contributed by atoms with van der Waals surface area (Å²) in [7, 11) is 0. The van der Waals surface area contributed by atoms with Crippen LogP contribution in [0.2, 0.25) is 0 Å². The fraction of sp³-hybridized carbons (Fsp3) is 0.267. The van der Waals surface area contributed by atoms with E-state index in [4.69, 9.17) is 0 Å². The molecule has 0 saturated heterocycles. The Labute approximate surface area is 111 Å².